The van der Waals surface area contributed by atoms with Crippen LogP contribution in [0.4, 0.5) is 0 Å². The minimum Gasteiger partial charge on any atom is -0.494 e. The molecule has 8 heteroatoms. The molecule has 140 valence electrons. The van der Waals surface area contributed by atoms with E-state index in [2.05, 4.69) is 20.7 Å². The smallest absolute Gasteiger partial charge is 0.264 e. The van der Waals surface area contributed by atoms with E-state index < -0.39 is 15.9 Å². The van der Waals surface area contributed by atoms with Crippen LogP contribution in [0.15, 0.2) is 45.8 Å². The quantitative estimate of drug-likeness (QED) is 0.622. The van der Waals surface area contributed by atoms with Gasteiger partial charge < -0.3 is 4.74 Å². The molecule has 0 saturated carbocycles. The van der Waals surface area contributed by atoms with Gasteiger partial charge in [-0.25, -0.2) is 13.1 Å². The van der Waals surface area contributed by atoms with Gasteiger partial charge in [-0.15, -0.1) is 0 Å². The Kier molecular flexibility index (Phi) is 7.08. The highest BCUT2D eigenvalue weighted by molar-refractivity contribution is 9.10. The first-order chi connectivity index (χ1) is 12.2. The SMILES string of the molecule is Cc1cc(OCCCC(=O)NS(=O)(=O)c2ccc(Br)cc2)cc(C)c1Cl. The molecule has 0 unspecified atom stereocenters. The Hall–Kier alpha value is -1.57. The van der Waals surface area contributed by atoms with Gasteiger partial charge in [0.05, 0.1) is 11.5 Å². The second kappa shape index (κ2) is 8.88. The van der Waals surface area contributed by atoms with Gasteiger partial charge in [-0.2, -0.15) is 0 Å². The number of rotatable bonds is 7. The third-order valence-electron chi connectivity index (χ3n) is 3.60. The fourth-order valence-electron chi connectivity index (χ4n) is 2.29. The van der Waals surface area contributed by atoms with Gasteiger partial charge in [0.1, 0.15) is 5.75 Å². The maximum absolute atomic E-state index is 12.1. The van der Waals surface area contributed by atoms with Crippen molar-refractivity contribution in [1.29, 1.82) is 0 Å². The molecule has 0 aliphatic rings. The first-order valence-corrected chi connectivity index (χ1v) is 10.6. The third kappa shape index (κ3) is 5.72. The lowest BCUT2D eigenvalue weighted by molar-refractivity contribution is -0.119. The van der Waals surface area contributed by atoms with Gasteiger partial charge in [0, 0.05) is 15.9 Å². The van der Waals surface area contributed by atoms with E-state index >= 15 is 0 Å². The molecule has 26 heavy (non-hydrogen) atoms. The summed E-state index contributed by atoms with van der Waals surface area (Å²) >= 11 is 9.34. The summed E-state index contributed by atoms with van der Waals surface area (Å²) in [5.74, 6) is 0.104. The number of nitrogens with one attached hydrogen (secondary N) is 1. The standard InChI is InChI=1S/C18H19BrClNO4S/c1-12-10-15(11-13(2)18(12)20)25-9-3-4-17(22)21-26(23,24)16-7-5-14(19)6-8-16/h5-8,10-11H,3-4,9H2,1-2H3,(H,21,22). The number of carbonyl (C=O) groups is 1. The normalized spacial score (nSPS) is 11.2. The van der Waals surface area contributed by atoms with Gasteiger partial charge >= 0.3 is 0 Å². The van der Waals surface area contributed by atoms with Crippen molar-refractivity contribution in [3.63, 3.8) is 0 Å². The number of amides is 1. The summed E-state index contributed by atoms with van der Waals surface area (Å²) in [5.41, 5.74) is 1.83. The number of aryl methyl sites for hydroxylation is 2. The Balaban J connectivity index is 1.83. The minimum atomic E-state index is -3.86. The highest BCUT2D eigenvalue weighted by Crippen LogP contribution is 2.26. The number of ether oxygens (including phenoxy) is 1. The molecule has 0 saturated heterocycles. The van der Waals surface area contributed by atoms with E-state index in [4.69, 9.17) is 16.3 Å². The molecule has 0 bridgehead atoms. The van der Waals surface area contributed by atoms with Crippen molar-refractivity contribution < 1.29 is 17.9 Å². The van der Waals surface area contributed by atoms with Crippen LogP contribution in [0.3, 0.4) is 0 Å². The number of hydrogen-bond donors (Lipinski definition) is 1. The van der Waals surface area contributed by atoms with Gasteiger partial charge in [-0.1, -0.05) is 27.5 Å². The molecular formula is C18H19BrClNO4S. The van der Waals surface area contributed by atoms with E-state index in [1.54, 1.807) is 12.1 Å². The Labute approximate surface area is 166 Å². The van der Waals surface area contributed by atoms with E-state index in [1.165, 1.54) is 12.1 Å². The average Bonchev–Trinajstić information content (AvgIpc) is 2.56. The van der Waals surface area contributed by atoms with E-state index in [9.17, 15) is 13.2 Å². The van der Waals surface area contributed by atoms with Crippen molar-refractivity contribution in [3.8, 4) is 5.75 Å². The van der Waals surface area contributed by atoms with E-state index in [1.807, 2.05) is 26.0 Å². The van der Waals surface area contributed by atoms with Crippen LogP contribution >= 0.6 is 27.5 Å². The van der Waals surface area contributed by atoms with Crippen LogP contribution in [0, 0.1) is 13.8 Å². The average molecular weight is 461 g/mol. The minimum absolute atomic E-state index is 0.0393. The number of benzene rings is 2. The molecule has 0 aromatic heterocycles. The molecule has 0 radical (unpaired) electrons. The molecule has 0 heterocycles. The Morgan fingerprint density at radius 2 is 1.73 bits per heavy atom. The number of sulfonamides is 1. The van der Waals surface area contributed by atoms with Crippen LogP contribution in [-0.2, 0) is 14.8 Å². The zero-order chi connectivity index (χ0) is 19.3. The van der Waals surface area contributed by atoms with E-state index in [0.29, 0.717) is 23.8 Å². The van der Waals surface area contributed by atoms with Gasteiger partial charge in [0.25, 0.3) is 10.0 Å². The van der Waals surface area contributed by atoms with Crippen LogP contribution in [0.1, 0.15) is 24.0 Å². The predicted octanol–water partition coefficient (Wildman–Crippen LogP) is 4.38. The molecule has 0 atom stereocenters. The summed E-state index contributed by atoms with van der Waals surface area (Å²) in [4.78, 5) is 11.9. The first kappa shape index (κ1) is 20.7. The number of carbonyl (C=O) groups excluding carboxylic acids is 1. The lowest BCUT2D eigenvalue weighted by Gasteiger charge is -2.10. The molecule has 2 rings (SSSR count). The molecule has 0 aliphatic carbocycles. The number of hydrogen-bond acceptors (Lipinski definition) is 4. The lowest BCUT2D eigenvalue weighted by atomic mass is 10.1. The topological polar surface area (TPSA) is 72.5 Å². The van der Waals surface area contributed by atoms with Crippen molar-refractivity contribution >= 4 is 43.5 Å². The second-order valence-corrected chi connectivity index (χ2v) is 8.78. The van der Waals surface area contributed by atoms with Gasteiger partial charge in [-0.05, 0) is 67.8 Å². The molecule has 0 aliphatic heterocycles. The van der Waals surface area contributed by atoms with Crippen molar-refractivity contribution in [2.45, 2.75) is 31.6 Å². The summed E-state index contributed by atoms with van der Waals surface area (Å²) in [6, 6.07) is 9.70. The summed E-state index contributed by atoms with van der Waals surface area (Å²) in [5, 5.41) is 0.704. The van der Waals surface area contributed by atoms with E-state index in [0.717, 1.165) is 15.6 Å². The van der Waals surface area contributed by atoms with Gasteiger partial charge in [0.2, 0.25) is 5.91 Å². The monoisotopic (exact) mass is 459 g/mol. The van der Waals surface area contributed by atoms with Crippen LogP contribution in [0.5, 0.6) is 5.75 Å². The van der Waals surface area contributed by atoms with Crippen molar-refractivity contribution in [2.24, 2.45) is 0 Å². The fraction of sp³-hybridized carbons (Fsp3) is 0.278. The summed E-state index contributed by atoms with van der Waals surface area (Å²) in [6.07, 6.45) is 0.434. The van der Waals surface area contributed by atoms with Gasteiger partial charge in [0.15, 0.2) is 0 Å². The zero-order valence-corrected chi connectivity index (χ0v) is 17.5. The number of halogens is 2. The maximum atomic E-state index is 12.1. The van der Waals surface area contributed by atoms with Gasteiger partial charge in [-0.3, -0.25) is 4.79 Å². The molecule has 1 N–H and O–H groups in total. The van der Waals surface area contributed by atoms with Crippen molar-refractivity contribution in [3.05, 3.63) is 57.0 Å². The van der Waals surface area contributed by atoms with Crippen LogP contribution in [0.25, 0.3) is 0 Å². The molecule has 0 spiro atoms. The summed E-state index contributed by atoms with van der Waals surface area (Å²) < 4.78 is 32.7. The zero-order valence-electron chi connectivity index (χ0n) is 14.4. The van der Waals surface area contributed by atoms with Crippen LogP contribution in [-0.4, -0.2) is 20.9 Å². The largest absolute Gasteiger partial charge is 0.494 e. The molecule has 1 amide bonds. The molecule has 5 nitrogen and oxygen atoms in total. The fourth-order valence-corrected chi connectivity index (χ4v) is 3.67. The Morgan fingerprint density at radius 1 is 1.15 bits per heavy atom. The maximum Gasteiger partial charge on any atom is 0.264 e. The molecular weight excluding hydrogens is 442 g/mol. The summed E-state index contributed by atoms with van der Waals surface area (Å²) in [6.45, 7) is 4.08. The van der Waals surface area contributed by atoms with E-state index in [-0.39, 0.29) is 11.3 Å². The summed E-state index contributed by atoms with van der Waals surface area (Å²) in [7, 11) is -3.86. The van der Waals surface area contributed by atoms with Crippen molar-refractivity contribution in [2.75, 3.05) is 6.61 Å². The Morgan fingerprint density at radius 3 is 2.31 bits per heavy atom. The van der Waals surface area contributed by atoms with Crippen LogP contribution < -0.4 is 9.46 Å². The van der Waals surface area contributed by atoms with Crippen LogP contribution in [0.2, 0.25) is 5.02 Å². The molecule has 2 aromatic carbocycles. The highest BCUT2D eigenvalue weighted by atomic mass is 79.9. The molecule has 2 aromatic rings. The van der Waals surface area contributed by atoms with Crippen molar-refractivity contribution in [1.82, 2.24) is 4.72 Å². The Bertz CT molecular complexity index is 875. The molecule has 0 fully saturated rings. The predicted molar refractivity (Wildman–Crippen MR) is 105 cm³/mol. The third-order valence-corrected chi connectivity index (χ3v) is 6.11. The highest BCUT2D eigenvalue weighted by Gasteiger charge is 2.17. The lowest BCUT2D eigenvalue weighted by Crippen LogP contribution is -2.30. The first-order valence-electron chi connectivity index (χ1n) is 7.90. The second-order valence-electron chi connectivity index (χ2n) is 5.81.